The van der Waals surface area contributed by atoms with Gasteiger partial charge in [-0.15, -0.1) is 0 Å². The van der Waals surface area contributed by atoms with Gasteiger partial charge >= 0.3 is 17.9 Å². The van der Waals surface area contributed by atoms with E-state index < -0.39 is 34.7 Å². The SMILES string of the molecule is CCC(C)(CC(CC(C)(C)C(=O)ON=Cc1c2ccccc2cc2ccccc12)C(=O)OCCCCO)C(=O)OCC1CO1. The maximum absolute atomic E-state index is 13.4. The first-order chi connectivity index (χ1) is 21.1. The van der Waals surface area contributed by atoms with Gasteiger partial charge in [-0.1, -0.05) is 60.6 Å². The Hall–Kier alpha value is -3.82. The number of benzene rings is 3. The Labute approximate surface area is 258 Å². The molecule has 9 nitrogen and oxygen atoms in total. The van der Waals surface area contributed by atoms with Crippen LogP contribution in [0.1, 0.15) is 65.4 Å². The van der Waals surface area contributed by atoms with Gasteiger partial charge in [0.15, 0.2) is 0 Å². The van der Waals surface area contributed by atoms with Gasteiger partial charge in [-0.3, -0.25) is 9.59 Å². The van der Waals surface area contributed by atoms with Gasteiger partial charge in [-0.2, -0.15) is 0 Å². The number of carbonyl (C=O) groups excluding carboxylic acids is 3. The van der Waals surface area contributed by atoms with Crippen LogP contribution in [0, 0.1) is 16.7 Å². The molecule has 3 atom stereocenters. The van der Waals surface area contributed by atoms with E-state index in [4.69, 9.17) is 24.2 Å². The number of ether oxygens (including phenoxy) is 3. The van der Waals surface area contributed by atoms with E-state index >= 15 is 0 Å². The summed E-state index contributed by atoms with van der Waals surface area (Å²) in [5, 5.41) is 17.2. The maximum Gasteiger partial charge on any atom is 0.340 e. The quantitative estimate of drug-likeness (QED) is 0.0403. The predicted octanol–water partition coefficient (Wildman–Crippen LogP) is 5.97. The highest BCUT2D eigenvalue weighted by atomic mass is 16.7. The molecule has 44 heavy (non-hydrogen) atoms. The summed E-state index contributed by atoms with van der Waals surface area (Å²) < 4.78 is 16.2. The summed E-state index contributed by atoms with van der Waals surface area (Å²) in [6, 6.07) is 18.0. The smallest absolute Gasteiger partial charge is 0.340 e. The summed E-state index contributed by atoms with van der Waals surface area (Å²) in [5.41, 5.74) is -1.27. The molecule has 1 fully saturated rings. The van der Waals surface area contributed by atoms with Gasteiger partial charge < -0.3 is 24.2 Å². The lowest BCUT2D eigenvalue weighted by atomic mass is 9.73. The first kappa shape index (κ1) is 33.1. The van der Waals surface area contributed by atoms with Gasteiger partial charge in [-0.05, 0) is 80.5 Å². The van der Waals surface area contributed by atoms with Gasteiger partial charge in [-0.25, -0.2) is 4.79 Å². The van der Waals surface area contributed by atoms with E-state index in [1.807, 2.05) is 55.5 Å². The highest BCUT2D eigenvalue weighted by Gasteiger charge is 2.43. The van der Waals surface area contributed by atoms with E-state index in [9.17, 15) is 14.4 Å². The second kappa shape index (κ2) is 14.8. The van der Waals surface area contributed by atoms with Crippen LogP contribution >= 0.6 is 0 Å². The fourth-order valence-corrected chi connectivity index (χ4v) is 5.30. The summed E-state index contributed by atoms with van der Waals surface area (Å²) in [6.45, 7) is 7.88. The molecule has 0 amide bonds. The number of aliphatic hydroxyl groups is 1. The van der Waals surface area contributed by atoms with Crippen molar-refractivity contribution in [2.75, 3.05) is 26.4 Å². The van der Waals surface area contributed by atoms with Crippen LogP contribution in [-0.4, -0.2) is 61.8 Å². The minimum Gasteiger partial charge on any atom is -0.465 e. The number of epoxide rings is 1. The van der Waals surface area contributed by atoms with Crippen LogP contribution in [0.4, 0.5) is 0 Å². The third-order valence-electron chi connectivity index (χ3n) is 8.34. The number of oxime groups is 1. The van der Waals surface area contributed by atoms with Crippen molar-refractivity contribution in [3.8, 4) is 0 Å². The fraction of sp³-hybridized carbons (Fsp3) is 0.486. The largest absolute Gasteiger partial charge is 0.465 e. The predicted molar refractivity (Wildman–Crippen MR) is 168 cm³/mol. The van der Waals surface area contributed by atoms with Gasteiger partial charge in [0.2, 0.25) is 0 Å². The van der Waals surface area contributed by atoms with Crippen molar-refractivity contribution in [3.63, 3.8) is 0 Å². The molecule has 1 saturated heterocycles. The molecule has 0 aromatic heterocycles. The molecule has 3 unspecified atom stereocenters. The molecular formula is C35H43NO8. The normalized spacial score (nSPS) is 16.9. The lowest BCUT2D eigenvalue weighted by Crippen LogP contribution is -2.38. The van der Waals surface area contributed by atoms with E-state index in [-0.39, 0.29) is 38.8 Å². The molecule has 0 saturated carbocycles. The van der Waals surface area contributed by atoms with E-state index in [2.05, 4.69) is 11.2 Å². The molecule has 1 heterocycles. The standard InChI is InChI=1S/C35H43NO8/c1-5-35(4,33(40)43-23-27-22-42-27)20-26(31(38)41-17-11-10-16-37)19-34(2,3)32(39)44-36-21-30-28-14-8-6-12-24(28)18-25-13-7-9-15-29(25)30/h6-9,12-15,18,21,26-27,37H,5,10-11,16-17,19-20,22-23H2,1-4H3. The molecule has 3 aromatic carbocycles. The van der Waals surface area contributed by atoms with Crippen LogP contribution in [0.25, 0.3) is 21.5 Å². The van der Waals surface area contributed by atoms with Gasteiger partial charge in [0, 0.05) is 12.2 Å². The van der Waals surface area contributed by atoms with Gasteiger partial charge in [0.1, 0.15) is 12.7 Å². The molecule has 0 spiro atoms. The number of carbonyl (C=O) groups is 3. The molecule has 3 aromatic rings. The molecule has 1 aliphatic rings. The third kappa shape index (κ3) is 8.42. The summed E-state index contributed by atoms with van der Waals surface area (Å²) in [7, 11) is 0. The minimum absolute atomic E-state index is 0.000603. The molecular weight excluding hydrogens is 562 g/mol. The second-order valence-corrected chi connectivity index (χ2v) is 12.4. The summed E-state index contributed by atoms with van der Waals surface area (Å²) >= 11 is 0. The van der Waals surface area contributed by atoms with Crippen LogP contribution < -0.4 is 0 Å². The number of hydrogen-bond acceptors (Lipinski definition) is 9. The van der Waals surface area contributed by atoms with Crippen LogP contribution in [0.3, 0.4) is 0 Å². The molecule has 4 rings (SSSR count). The number of aliphatic hydroxyl groups excluding tert-OH is 1. The van der Waals surface area contributed by atoms with Gasteiger partial charge in [0.25, 0.3) is 0 Å². The minimum atomic E-state index is -1.13. The molecule has 236 valence electrons. The van der Waals surface area contributed by atoms with E-state index in [0.29, 0.717) is 25.9 Å². The zero-order valence-corrected chi connectivity index (χ0v) is 26.0. The molecule has 1 aliphatic heterocycles. The van der Waals surface area contributed by atoms with E-state index in [1.165, 1.54) is 0 Å². The number of rotatable bonds is 16. The lowest BCUT2D eigenvalue weighted by molar-refractivity contribution is -0.162. The molecule has 0 radical (unpaired) electrons. The van der Waals surface area contributed by atoms with Crippen LogP contribution in [0.2, 0.25) is 0 Å². The number of nitrogens with zero attached hydrogens (tertiary/aromatic N) is 1. The monoisotopic (exact) mass is 605 g/mol. The van der Waals surface area contributed by atoms with E-state index in [0.717, 1.165) is 27.1 Å². The zero-order valence-electron chi connectivity index (χ0n) is 26.0. The number of esters is 2. The lowest BCUT2D eigenvalue weighted by Gasteiger charge is -2.32. The topological polar surface area (TPSA) is 124 Å². The van der Waals surface area contributed by atoms with Crippen LogP contribution in [-0.2, 0) is 33.4 Å². The maximum atomic E-state index is 13.4. The van der Waals surface area contributed by atoms with Gasteiger partial charge in [0.05, 0.1) is 36.2 Å². The molecule has 1 N–H and O–H groups in total. The molecule has 9 heteroatoms. The summed E-state index contributed by atoms with van der Waals surface area (Å²) in [4.78, 5) is 45.2. The molecule has 0 aliphatic carbocycles. The number of hydrogen-bond donors (Lipinski definition) is 1. The average Bonchev–Trinajstić information content (AvgIpc) is 3.85. The van der Waals surface area contributed by atoms with Crippen LogP contribution in [0.15, 0.2) is 59.8 Å². The highest BCUT2D eigenvalue weighted by Crippen LogP contribution is 2.38. The van der Waals surface area contributed by atoms with Crippen molar-refractivity contribution in [1.29, 1.82) is 0 Å². The zero-order chi connectivity index (χ0) is 31.7. The Morgan fingerprint density at radius 2 is 1.61 bits per heavy atom. The summed E-state index contributed by atoms with van der Waals surface area (Å²) in [6.07, 6.45) is 3.13. The van der Waals surface area contributed by atoms with Crippen molar-refractivity contribution in [1.82, 2.24) is 0 Å². The van der Waals surface area contributed by atoms with Crippen molar-refractivity contribution >= 4 is 45.7 Å². The van der Waals surface area contributed by atoms with Crippen LogP contribution in [0.5, 0.6) is 0 Å². The Balaban J connectivity index is 1.50. The van der Waals surface area contributed by atoms with Crippen molar-refractivity contribution in [2.24, 2.45) is 21.9 Å². The summed E-state index contributed by atoms with van der Waals surface area (Å²) in [5.74, 6) is -2.32. The Morgan fingerprint density at radius 1 is 0.977 bits per heavy atom. The Kier molecular flexibility index (Phi) is 11.1. The van der Waals surface area contributed by atoms with Crippen molar-refractivity contribution < 1.29 is 38.5 Å². The Morgan fingerprint density at radius 3 is 2.20 bits per heavy atom. The highest BCUT2D eigenvalue weighted by molar-refractivity contribution is 6.13. The van der Waals surface area contributed by atoms with Crippen molar-refractivity contribution in [3.05, 3.63) is 60.2 Å². The number of unbranched alkanes of at least 4 members (excludes halogenated alkanes) is 1. The first-order valence-corrected chi connectivity index (χ1v) is 15.3. The van der Waals surface area contributed by atoms with E-state index in [1.54, 1.807) is 27.0 Å². The molecule has 0 bridgehead atoms. The fourth-order valence-electron chi connectivity index (χ4n) is 5.30. The number of fused-ring (bicyclic) bond motifs is 2. The Bertz CT molecular complexity index is 1440. The third-order valence-corrected chi connectivity index (χ3v) is 8.34. The second-order valence-electron chi connectivity index (χ2n) is 12.4. The first-order valence-electron chi connectivity index (χ1n) is 15.3. The average molecular weight is 606 g/mol. The van der Waals surface area contributed by atoms with Crippen molar-refractivity contribution in [2.45, 2.75) is 65.9 Å².